The van der Waals surface area contributed by atoms with Crippen LogP contribution >= 0.6 is 23.2 Å². The molecule has 0 radical (unpaired) electrons. The van der Waals surface area contributed by atoms with Gasteiger partial charge in [0.1, 0.15) is 6.17 Å². The maximum absolute atomic E-state index is 6.30. The molecular formula is C17H14Cl2N2. The Morgan fingerprint density at radius 3 is 2.48 bits per heavy atom. The van der Waals surface area contributed by atoms with Gasteiger partial charge in [0.2, 0.25) is 0 Å². The van der Waals surface area contributed by atoms with Gasteiger partial charge in [-0.1, -0.05) is 65.7 Å². The van der Waals surface area contributed by atoms with E-state index in [1.54, 1.807) is 12.1 Å². The van der Waals surface area contributed by atoms with E-state index in [0.717, 1.165) is 22.0 Å². The second kappa shape index (κ2) is 5.94. The van der Waals surface area contributed by atoms with Crippen molar-refractivity contribution in [2.24, 2.45) is 5.73 Å². The van der Waals surface area contributed by atoms with Crippen molar-refractivity contribution in [3.05, 3.63) is 76.3 Å². The molecule has 0 saturated heterocycles. The van der Waals surface area contributed by atoms with Gasteiger partial charge in [-0.3, -0.25) is 0 Å². The van der Waals surface area contributed by atoms with E-state index >= 15 is 0 Å². The highest BCUT2D eigenvalue weighted by Gasteiger charge is 2.11. The molecule has 3 N–H and O–H groups in total. The van der Waals surface area contributed by atoms with Gasteiger partial charge in [0.15, 0.2) is 0 Å². The summed E-state index contributed by atoms with van der Waals surface area (Å²) in [5.74, 6) is 0. The van der Waals surface area contributed by atoms with Crippen LogP contribution in [-0.4, -0.2) is 0 Å². The fourth-order valence-electron chi connectivity index (χ4n) is 2.37. The van der Waals surface area contributed by atoms with Crippen LogP contribution < -0.4 is 11.1 Å². The molecule has 106 valence electrons. The van der Waals surface area contributed by atoms with Gasteiger partial charge in [0.25, 0.3) is 0 Å². The van der Waals surface area contributed by atoms with Crippen molar-refractivity contribution in [3.63, 3.8) is 0 Å². The zero-order valence-corrected chi connectivity index (χ0v) is 12.7. The van der Waals surface area contributed by atoms with Crippen molar-refractivity contribution in [1.82, 2.24) is 0 Å². The lowest BCUT2D eigenvalue weighted by Crippen LogP contribution is -2.20. The molecule has 2 nitrogen and oxygen atoms in total. The van der Waals surface area contributed by atoms with E-state index in [0.29, 0.717) is 10.0 Å². The van der Waals surface area contributed by atoms with E-state index in [4.69, 9.17) is 28.9 Å². The van der Waals surface area contributed by atoms with Crippen molar-refractivity contribution < 1.29 is 0 Å². The zero-order valence-electron chi connectivity index (χ0n) is 11.2. The van der Waals surface area contributed by atoms with Gasteiger partial charge >= 0.3 is 0 Å². The Labute approximate surface area is 133 Å². The molecule has 0 fully saturated rings. The lowest BCUT2D eigenvalue weighted by atomic mass is 10.0. The predicted octanol–water partition coefficient (Wildman–Crippen LogP) is 5.22. The third-order valence-electron chi connectivity index (χ3n) is 3.40. The summed E-state index contributed by atoms with van der Waals surface area (Å²) >= 11 is 12.1. The highest BCUT2D eigenvalue weighted by atomic mass is 35.5. The molecule has 21 heavy (non-hydrogen) atoms. The van der Waals surface area contributed by atoms with Crippen LogP contribution in [0.4, 0.5) is 5.69 Å². The predicted molar refractivity (Wildman–Crippen MR) is 91.0 cm³/mol. The van der Waals surface area contributed by atoms with E-state index < -0.39 is 0 Å². The van der Waals surface area contributed by atoms with Gasteiger partial charge in [-0.15, -0.1) is 0 Å². The summed E-state index contributed by atoms with van der Waals surface area (Å²) in [5, 5.41) is 6.68. The topological polar surface area (TPSA) is 38.0 Å². The average Bonchev–Trinajstić information content (AvgIpc) is 2.49. The molecule has 3 aromatic rings. The number of nitrogens with one attached hydrogen (secondary N) is 1. The summed E-state index contributed by atoms with van der Waals surface area (Å²) in [6.45, 7) is 0. The molecule has 0 aliphatic rings. The van der Waals surface area contributed by atoms with Crippen molar-refractivity contribution in [2.75, 3.05) is 5.32 Å². The fourth-order valence-corrected chi connectivity index (χ4v) is 2.84. The number of fused-ring (bicyclic) bond motifs is 1. The molecule has 4 heteroatoms. The largest absolute Gasteiger partial charge is 0.365 e. The number of benzene rings is 3. The standard InChI is InChI=1S/C17H14Cl2N2/c18-12-8-9-16(15(19)10-12)21-17(20)14-7-3-5-11-4-1-2-6-13(11)14/h1-10,17,21H,20H2. The number of halogens is 2. The lowest BCUT2D eigenvalue weighted by Gasteiger charge is -2.18. The minimum atomic E-state index is -0.352. The number of hydrogen-bond acceptors (Lipinski definition) is 2. The molecule has 3 rings (SSSR count). The minimum absolute atomic E-state index is 0.352. The molecular weight excluding hydrogens is 303 g/mol. The van der Waals surface area contributed by atoms with Crippen LogP contribution in [0.1, 0.15) is 11.7 Å². The normalized spacial score (nSPS) is 12.3. The molecule has 0 aliphatic carbocycles. The number of nitrogens with two attached hydrogens (primary N) is 1. The zero-order chi connectivity index (χ0) is 14.8. The van der Waals surface area contributed by atoms with Crippen molar-refractivity contribution in [3.8, 4) is 0 Å². The highest BCUT2D eigenvalue weighted by Crippen LogP contribution is 2.29. The van der Waals surface area contributed by atoms with Crippen molar-refractivity contribution in [2.45, 2.75) is 6.17 Å². The van der Waals surface area contributed by atoms with Crippen LogP contribution in [0.5, 0.6) is 0 Å². The number of rotatable bonds is 3. The molecule has 0 aromatic heterocycles. The number of anilines is 1. The molecule has 3 aromatic carbocycles. The van der Waals surface area contributed by atoms with E-state index in [9.17, 15) is 0 Å². The first-order valence-corrected chi connectivity index (χ1v) is 7.35. The Balaban J connectivity index is 1.95. The van der Waals surface area contributed by atoms with Gasteiger partial charge in [-0.25, -0.2) is 0 Å². The highest BCUT2D eigenvalue weighted by molar-refractivity contribution is 6.36. The van der Waals surface area contributed by atoms with Crippen LogP contribution in [0, 0.1) is 0 Å². The van der Waals surface area contributed by atoms with Crippen LogP contribution in [0.15, 0.2) is 60.7 Å². The molecule has 1 unspecified atom stereocenters. The van der Waals surface area contributed by atoms with E-state index in [-0.39, 0.29) is 6.17 Å². The molecule has 0 aliphatic heterocycles. The SMILES string of the molecule is NC(Nc1ccc(Cl)cc1Cl)c1cccc2ccccc12. The first-order chi connectivity index (χ1) is 10.1. The van der Waals surface area contributed by atoms with Crippen LogP contribution in [0.2, 0.25) is 10.0 Å². The quantitative estimate of drug-likeness (QED) is 0.650. The van der Waals surface area contributed by atoms with Crippen molar-refractivity contribution in [1.29, 1.82) is 0 Å². The lowest BCUT2D eigenvalue weighted by molar-refractivity contribution is 0.845. The van der Waals surface area contributed by atoms with E-state index in [1.807, 2.05) is 30.3 Å². The van der Waals surface area contributed by atoms with Gasteiger partial charge in [-0.05, 0) is 34.5 Å². The Morgan fingerprint density at radius 1 is 0.905 bits per heavy atom. The summed E-state index contributed by atoms with van der Waals surface area (Å²) in [6.07, 6.45) is -0.352. The summed E-state index contributed by atoms with van der Waals surface area (Å²) in [7, 11) is 0. The van der Waals surface area contributed by atoms with Crippen LogP contribution in [0.3, 0.4) is 0 Å². The molecule has 0 saturated carbocycles. The Kier molecular flexibility index (Phi) is 4.02. The summed E-state index contributed by atoms with van der Waals surface area (Å²) in [6, 6.07) is 19.6. The second-order valence-electron chi connectivity index (χ2n) is 4.81. The molecule has 0 heterocycles. The van der Waals surface area contributed by atoms with Crippen LogP contribution in [-0.2, 0) is 0 Å². The molecule has 0 spiro atoms. The first kappa shape index (κ1) is 14.2. The van der Waals surface area contributed by atoms with Gasteiger partial charge in [-0.2, -0.15) is 0 Å². The first-order valence-electron chi connectivity index (χ1n) is 6.60. The fraction of sp³-hybridized carbons (Fsp3) is 0.0588. The molecule has 0 bridgehead atoms. The van der Waals surface area contributed by atoms with Gasteiger partial charge < -0.3 is 11.1 Å². The maximum Gasteiger partial charge on any atom is 0.101 e. The molecule has 0 amide bonds. The average molecular weight is 317 g/mol. The summed E-state index contributed by atoms with van der Waals surface area (Å²) in [4.78, 5) is 0. The third kappa shape index (κ3) is 2.98. The van der Waals surface area contributed by atoms with E-state index in [1.165, 1.54) is 0 Å². The van der Waals surface area contributed by atoms with Gasteiger partial charge in [0, 0.05) is 5.02 Å². The van der Waals surface area contributed by atoms with Gasteiger partial charge in [0.05, 0.1) is 10.7 Å². The Bertz CT molecular complexity index is 781. The third-order valence-corrected chi connectivity index (χ3v) is 3.95. The Morgan fingerprint density at radius 2 is 1.67 bits per heavy atom. The summed E-state index contributed by atoms with van der Waals surface area (Å²) in [5.41, 5.74) is 8.09. The monoisotopic (exact) mass is 316 g/mol. The summed E-state index contributed by atoms with van der Waals surface area (Å²) < 4.78 is 0. The molecule has 1 atom stereocenters. The smallest absolute Gasteiger partial charge is 0.101 e. The number of hydrogen-bond donors (Lipinski definition) is 2. The van der Waals surface area contributed by atoms with E-state index in [2.05, 4.69) is 23.5 Å². The maximum atomic E-state index is 6.30. The van der Waals surface area contributed by atoms with Crippen LogP contribution in [0.25, 0.3) is 10.8 Å². The second-order valence-corrected chi connectivity index (χ2v) is 5.66. The Hall–Kier alpha value is -1.74. The minimum Gasteiger partial charge on any atom is -0.365 e. The van der Waals surface area contributed by atoms with Crippen molar-refractivity contribution >= 4 is 39.7 Å².